The highest BCUT2D eigenvalue weighted by molar-refractivity contribution is 6.30. The van der Waals surface area contributed by atoms with E-state index in [0.717, 1.165) is 96.9 Å². The monoisotopic (exact) mass is 1860 g/mol. The Morgan fingerprint density at radius 2 is 1.11 bits per heavy atom. The molecule has 0 aliphatic heterocycles. The highest BCUT2D eigenvalue weighted by Gasteiger charge is 2.37. The smallest absolute Gasteiger partial charge is 0.310 e. The number of nitrogens with zero attached hydrogens (tertiary/aromatic N) is 3. The first kappa shape index (κ1) is 113. The second-order valence-electron chi connectivity index (χ2n) is 35.5. The number of rotatable bonds is 43. The van der Waals surface area contributed by atoms with Crippen LogP contribution in [0.2, 0.25) is 5.02 Å². The Kier molecular flexibility index (Phi) is 48.9. The number of aliphatic hydroxyl groups excluding tert-OH is 5. The molecule has 0 radical (unpaired) electrons. The largest absolute Gasteiger partial charge is 0.497 e. The number of benzene rings is 8. The van der Waals surface area contributed by atoms with Gasteiger partial charge in [0.25, 0.3) is 5.91 Å². The van der Waals surface area contributed by atoms with E-state index in [0.29, 0.717) is 119 Å². The number of nitrogens with one attached hydrogen (secondary N) is 3. The highest BCUT2D eigenvalue weighted by Crippen LogP contribution is 2.41. The Hall–Kier alpha value is -10.8. The number of β-amino-alcohol motifs (C(OH)–C–C–N with tert-alkyl or cyclic N) is 1. The molecule has 12 N–H and O–H groups in total. The molecule has 7 atom stereocenters. The summed E-state index contributed by atoms with van der Waals surface area (Å²) in [6.07, 6.45) is 2.30. The van der Waals surface area contributed by atoms with Crippen molar-refractivity contribution in [3.05, 3.63) is 236 Å². The van der Waals surface area contributed by atoms with Crippen molar-refractivity contribution in [2.45, 2.75) is 207 Å². The van der Waals surface area contributed by atoms with Crippen molar-refractivity contribution in [3.8, 4) is 52.1 Å². The van der Waals surface area contributed by atoms with Crippen molar-refractivity contribution < 1.29 is 97.6 Å². The number of carbonyl (C=O) groups is 4. The SMILES string of the molecule is CC(C)(C)NCC(O)COc1cccc2c1C[C@H](O)[C@H](O)C2.CC(C)Cc1ccc(C(C)C(=O)O)cc1.CC(C)NCC(O)COc1ccc(CC(N)=O)cc1.COCCc1ccc(OCC(O)CNC(C)C)cc1.COc1ccc(CCN(C)CCCC(C#N)(c2ccc(OC)c(OC)c2)C(C)C)cc1OC.COc1ccc2c(c1)c(CC(=O)O)c(C)n2C(=O)c1ccc(Cl)cc1. The number of amides is 1. The fraction of sp³-hybridized carbons (Fsp3) is 0.476. The van der Waals surface area contributed by atoms with Crippen molar-refractivity contribution in [2.24, 2.45) is 17.6 Å². The molecular formula is C105H146ClN7O20. The van der Waals surface area contributed by atoms with Gasteiger partial charge >= 0.3 is 11.9 Å². The molecule has 1 amide bonds. The number of likely N-dealkylation sites (N-methyl/N-ethyl adjacent to an activating group) is 1. The molecule has 27 nitrogen and oxygen atoms in total. The van der Waals surface area contributed by atoms with E-state index in [2.05, 4.69) is 67.7 Å². The number of carbonyl (C=O) groups excluding carboxylic acids is 2. The first-order chi connectivity index (χ1) is 63.1. The number of hydrogen-bond acceptors (Lipinski definition) is 23. The fourth-order valence-electron chi connectivity index (χ4n) is 14.4. The number of fused-ring (bicyclic) bond motifs is 2. The van der Waals surface area contributed by atoms with Crippen LogP contribution in [0.4, 0.5) is 0 Å². The van der Waals surface area contributed by atoms with Crippen molar-refractivity contribution >= 4 is 46.3 Å². The molecule has 0 saturated heterocycles. The molecular weight excluding hydrogens is 1710 g/mol. The fourth-order valence-corrected chi connectivity index (χ4v) is 14.5. The molecule has 0 spiro atoms. The van der Waals surface area contributed by atoms with E-state index < -0.39 is 53.8 Å². The molecule has 133 heavy (non-hydrogen) atoms. The lowest BCUT2D eigenvalue weighted by atomic mass is 9.69. The lowest BCUT2D eigenvalue weighted by molar-refractivity contribution is -0.138. The number of halogens is 1. The van der Waals surface area contributed by atoms with Gasteiger partial charge in [-0.05, 0) is 234 Å². The van der Waals surface area contributed by atoms with Crippen LogP contribution in [-0.4, -0.2) is 226 Å². The summed E-state index contributed by atoms with van der Waals surface area (Å²) < 4.78 is 50.1. The topological polar surface area (TPSA) is 387 Å². The predicted octanol–water partition coefficient (Wildman–Crippen LogP) is 14.8. The number of primary amides is 1. The Morgan fingerprint density at radius 3 is 1.62 bits per heavy atom. The molecule has 5 unspecified atom stereocenters. The zero-order valence-electron chi connectivity index (χ0n) is 81.4. The Labute approximate surface area is 792 Å². The van der Waals surface area contributed by atoms with E-state index in [-0.39, 0.29) is 49.3 Å². The number of hydrogen-bond donors (Lipinski definition) is 11. The van der Waals surface area contributed by atoms with Crippen molar-refractivity contribution in [1.82, 2.24) is 25.4 Å². The van der Waals surface area contributed by atoms with Crippen LogP contribution in [0.1, 0.15) is 168 Å². The average molecular weight is 1860 g/mol. The van der Waals surface area contributed by atoms with E-state index in [1.807, 2.05) is 146 Å². The number of aromatic nitrogens is 1. The van der Waals surface area contributed by atoms with Crippen molar-refractivity contribution in [2.75, 3.05) is 109 Å². The minimum Gasteiger partial charge on any atom is -0.497 e. The zero-order valence-corrected chi connectivity index (χ0v) is 82.2. The third kappa shape index (κ3) is 39.0. The summed E-state index contributed by atoms with van der Waals surface area (Å²) in [5.41, 5.74) is 15.1. The molecule has 0 saturated carbocycles. The van der Waals surface area contributed by atoms with E-state index in [1.54, 1.807) is 123 Å². The first-order valence-corrected chi connectivity index (χ1v) is 45.6. The minimum atomic E-state index is -0.955. The Balaban J connectivity index is 0.000000287. The maximum atomic E-state index is 13.0. The summed E-state index contributed by atoms with van der Waals surface area (Å²) in [5, 5.41) is 88.1. The number of nitrogens with two attached hydrogens (primary N) is 1. The van der Waals surface area contributed by atoms with Crippen LogP contribution in [-0.2, 0) is 69.5 Å². The summed E-state index contributed by atoms with van der Waals surface area (Å²) in [6.45, 7) is 31.1. The molecule has 1 aliphatic rings. The lowest BCUT2D eigenvalue weighted by Gasteiger charge is -2.32. The molecule has 0 fully saturated rings. The number of methoxy groups -OCH3 is 6. The number of aliphatic carboxylic acids is 2. The van der Waals surface area contributed by atoms with E-state index in [4.69, 9.17) is 65.1 Å². The van der Waals surface area contributed by atoms with E-state index in [1.165, 1.54) is 21.3 Å². The number of ether oxygens (including phenoxy) is 9. The molecule has 9 aromatic rings. The summed E-state index contributed by atoms with van der Waals surface area (Å²) in [5.74, 6) is 3.61. The normalized spacial score (nSPS) is 14.1. The van der Waals surface area contributed by atoms with Gasteiger partial charge in [-0.25, -0.2) is 0 Å². The maximum absolute atomic E-state index is 13.0. The average Bonchev–Trinajstić information content (AvgIpc) is 1.63. The molecule has 1 aromatic heterocycles. The Morgan fingerprint density at radius 1 is 0.579 bits per heavy atom. The third-order valence-electron chi connectivity index (χ3n) is 22.1. The van der Waals surface area contributed by atoms with Crippen LogP contribution in [0.15, 0.2) is 170 Å². The van der Waals surface area contributed by atoms with Gasteiger partial charge in [-0.1, -0.05) is 140 Å². The van der Waals surface area contributed by atoms with E-state index >= 15 is 0 Å². The molecule has 8 aromatic carbocycles. The number of carboxylic acid groups (broad SMARTS) is 2. The van der Waals surface area contributed by atoms with Gasteiger partial charge in [0.15, 0.2) is 23.0 Å². The van der Waals surface area contributed by atoms with Crippen LogP contribution in [0.5, 0.6) is 46.0 Å². The van der Waals surface area contributed by atoms with Crippen LogP contribution in [0.25, 0.3) is 10.9 Å². The van der Waals surface area contributed by atoms with Gasteiger partial charge < -0.3 is 105 Å². The minimum absolute atomic E-state index is 0.0485. The second-order valence-corrected chi connectivity index (χ2v) is 35.9. The quantitative estimate of drug-likeness (QED) is 0.0169. The summed E-state index contributed by atoms with van der Waals surface area (Å²) in [4.78, 5) is 48.1. The van der Waals surface area contributed by atoms with Crippen LogP contribution in [0.3, 0.4) is 0 Å². The number of nitriles is 1. The number of carboxylic acids is 2. The van der Waals surface area contributed by atoms with Gasteiger partial charge in [-0.15, -0.1) is 0 Å². The Bertz CT molecular complexity index is 5020. The van der Waals surface area contributed by atoms with E-state index in [9.17, 15) is 55.1 Å². The first-order valence-electron chi connectivity index (χ1n) is 45.2. The summed E-state index contributed by atoms with van der Waals surface area (Å²) in [6, 6.07) is 55.6. The van der Waals surface area contributed by atoms with Gasteiger partial charge in [0.1, 0.15) is 61.1 Å². The van der Waals surface area contributed by atoms with Gasteiger partial charge in [-0.2, -0.15) is 5.26 Å². The standard InChI is InChI=1S/C27H38N2O4.C19H16ClNO4.C17H27NO4.C15H25NO3.C14H22N2O3.C13H18O2/c1-20(2)27(19-28,22-10-12-24(31-5)26(18-22)33-7)14-8-15-29(3)16-13-21-9-11-23(30-4)25(17-21)32-6;1-11-15(10-18(22)23)16-9-14(25-2)7-8-17(16)21(11)19(24)12-3-5-13(20)6-4-12;1-17(2,3)18-9-12(19)10-22-16-6-4-5-11-7-14(20)15(21)8-13(11)16;1-12(2)16-10-14(17)11-19-15-6-4-13(5-7-15)8-9-18-3;1-10(2)16-8-12(17)9-19-13-5-3-11(4-6-13)7-14(15)18;1-9(2)8-11-4-6-12(7-5-11)10(3)13(14)15/h9-12,17-18,20H,8,13-16H2,1-7H3;3-9H,10H2,1-2H3,(H,22,23);4-6,12,14-15,18-21H,7-10H2,1-3H3;4-7,12,14,16-17H,8-11H2,1-3H3;3-6,10,12,16-17H,7-9H2,1-2H3,(H2,15,18);4-7,9-10H,8H2,1-3H3,(H,14,15)/t;;12?,14-,15+;;;/m..1.../s1. The van der Waals surface area contributed by atoms with Crippen molar-refractivity contribution in [3.63, 3.8) is 0 Å². The van der Waals surface area contributed by atoms with Crippen LogP contribution >= 0.6 is 11.6 Å². The van der Waals surface area contributed by atoms with Gasteiger partial charge in [0.05, 0.1) is 90.1 Å². The maximum Gasteiger partial charge on any atom is 0.310 e. The van der Waals surface area contributed by atoms with Crippen LogP contribution < -0.4 is 59.6 Å². The second kappa shape index (κ2) is 57.7. The van der Waals surface area contributed by atoms with Crippen molar-refractivity contribution in [1.29, 1.82) is 5.26 Å². The predicted molar refractivity (Wildman–Crippen MR) is 524 cm³/mol. The third-order valence-corrected chi connectivity index (χ3v) is 22.4. The molecule has 0 bridgehead atoms. The van der Waals surface area contributed by atoms with Crippen LogP contribution in [0, 0.1) is 30.1 Å². The van der Waals surface area contributed by atoms with Gasteiger partial charge in [-0.3, -0.25) is 23.7 Å². The lowest BCUT2D eigenvalue weighted by Crippen LogP contribution is -2.42. The summed E-state index contributed by atoms with van der Waals surface area (Å²) in [7, 11) is 11.9. The molecule has 1 aliphatic carbocycles. The molecule has 1 heterocycles. The van der Waals surface area contributed by atoms with Gasteiger partial charge in [0.2, 0.25) is 5.91 Å². The summed E-state index contributed by atoms with van der Waals surface area (Å²) >= 11 is 5.89. The number of aliphatic hydroxyl groups is 5. The zero-order chi connectivity index (χ0) is 98.7. The molecule has 728 valence electrons. The molecule has 10 rings (SSSR count). The van der Waals surface area contributed by atoms with Gasteiger partial charge in [0, 0.05) is 91.0 Å². The molecule has 28 heteroatoms. The highest BCUT2D eigenvalue weighted by atomic mass is 35.5.